The summed E-state index contributed by atoms with van der Waals surface area (Å²) in [5, 5.41) is 15.5. The average Bonchev–Trinajstić information content (AvgIpc) is 2.83. The number of amides is 1. The Morgan fingerprint density at radius 1 is 0.909 bits per heavy atom. The molecule has 8 heteroatoms. The van der Waals surface area contributed by atoms with Gasteiger partial charge in [0.2, 0.25) is 0 Å². The lowest BCUT2D eigenvalue weighted by Crippen LogP contribution is -2.21. The molecule has 0 aliphatic heterocycles. The van der Waals surface area contributed by atoms with Crippen LogP contribution in [-0.2, 0) is 11.4 Å². The summed E-state index contributed by atoms with van der Waals surface area (Å²) >= 11 is 0. The van der Waals surface area contributed by atoms with Gasteiger partial charge in [0, 0.05) is 10.8 Å². The van der Waals surface area contributed by atoms with Crippen molar-refractivity contribution >= 4 is 28.1 Å². The number of anilines is 1. The van der Waals surface area contributed by atoms with Gasteiger partial charge in [0.25, 0.3) is 11.6 Å². The third kappa shape index (κ3) is 5.24. The number of carbonyl (C=O) groups is 1. The third-order valence-corrected chi connectivity index (χ3v) is 4.87. The van der Waals surface area contributed by atoms with Crippen molar-refractivity contribution in [1.29, 1.82) is 0 Å². The van der Waals surface area contributed by atoms with Crippen LogP contribution in [0.1, 0.15) is 5.56 Å². The number of carbonyl (C=O) groups excluding carboxylic acids is 1. The highest BCUT2D eigenvalue weighted by molar-refractivity contribution is 6.08. The minimum atomic E-state index is -0.592. The zero-order valence-corrected chi connectivity index (χ0v) is 17.4. The summed E-state index contributed by atoms with van der Waals surface area (Å²) in [6.45, 7) is -0.164. The van der Waals surface area contributed by atoms with Crippen LogP contribution < -0.4 is 14.8 Å². The van der Waals surface area contributed by atoms with Crippen molar-refractivity contribution in [3.63, 3.8) is 0 Å². The van der Waals surface area contributed by atoms with E-state index in [4.69, 9.17) is 9.47 Å². The van der Waals surface area contributed by atoms with Crippen LogP contribution in [0.15, 0.2) is 84.9 Å². The topological polar surface area (TPSA) is 90.7 Å². The van der Waals surface area contributed by atoms with Crippen LogP contribution in [0.3, 0.4) is 0 Å². The van der Waals surface area contributed by atoms with Crippen LogP contribution in [0.25, 0.3) is 10.8 Å². The molecule has 0 bridgehead atoms. The smallest absolute Gasteiger partial charge is 0.297 e. The van der Waals surface area contributed by atoms with E-state index in [2.05, 4.69) is 5.32 Å². The number of ether oxygens (including phenoxy) is 2. The SMILES string of the molecule is O=C(COc1ccc(F)cc1)Nc1c([N+](=O)[O-])cc(OCc2ccccc2)c2ccccc12. The highest BCUT2D eigenvalue weighted by atomic mass is 19.1. The molecule has 0 aliphatic carbocycles. The van der Waals surface area contributed by atoms with Gasteiger partial charge in [0.15, 0.2) is 6.61 Å². The van der Waals surface area contributed by atoms with Gasteiger partial charge < -0.3 is 14.8 Å². The number of benzene rings is 4. The molecule has 1 N–H and O–H groups in total. The molecule has 0 aliphatic rings. The highest BCUT2D eigenvalue weighted by Crippen LogP contribution is 2.39. The summed E-state index contributed by atoms with van der Waals surface area (Å²) in [5.41, 5.74) is 0.668. The first-order valence-corrected chi connectivity index (χ1v) is 10.1. The van der Waals surface area contributed by atoms with Crippen LogP contribution >= 0.6 is 0 Å². The number of hydrogen-bond acceptors (Lipinski definition) is 5. The molecule has 0 saturated carbocycles. The highest BCUT2D eigenvalue weighted by Gasteiger charge is 2.23. The van der Waals surface area contributed by atoms with Gasteiger partial charge in [-0.25, -0.2) is 4.39 Å². The molecular formula is C25H19FN2O5. The molecule has 0 aromatic heterocycles. The van der Waals surface area contributed by atoms with Crippen molar-refractivity contribution in [3.05, 3.63) is 106 Å². The summed E-state index contributed by atoms with van der Waals surface area (Å²) in [4.78, 5) is 23.7. The number of nitrogens with one attached hydrogen (secondary N) is 1. The Morgan fingerprint density at radius 2 is 1.58 bits per heavy atom. The standard InChI is InChI=1S/C25H19FN2O5/c26-18-10-12-19(13-11-18)32-16-24(29)27-25-21-9-5-4-8-20(21)23(14-22(25)28(30)31)33-15-17-6-2-1-3-7-17/h1-14H,15-16H2,(H,27,29). The van der Waals surface area contributed by atoms with Gasteiger partial charge in [-0.3, -0.25) is 14.9 Å². The molecule has 0 saturated heterocycles. The fourth-order valence-electron chi connectivity index (χ4n) is 3.31. The number of rotatable bonds is 8. The first kappa shape index (κ1) is 21.8. The molecule has 0 fully saturated rings. The lowest BCUT2D eigenvalue weighted by atomic mass is 10.1. The fraction of sp³-hybridized carbons (Fsp3) is 0.0800. The first-order valence-electron chi connectivity index (χ1n) is 10.1. The Bertz CT molecular complexity index is 1290. The molecule has 7 nitrogen and oxygen atoms in total. The lowest BCUT2D eigenvalue weighted by Gasteiger charge is -2.14. The van der Waals surface area contributed by atoms with Crippen LogP contribution in [0, 0.1) is 15.9 Å². The summed E-state index contributed by atoms with van der Waals surface area (Å²) in [6.07, 6.45) is 0. The average molecular weight is 446 g/mol. The molecular weight excluding hydrogens is 427 g/mol. The second-order valence-electron chi connectivity index (χ2n) is 7.14. The molecule has 0 unspecified atom stereocenters. The third-order valence-electron chi connectivity index (χ3n) is 4.87. The Kier molecular flexibility index (Phi) is 6.45. The quantitative estimate of drug-likeness (QED) is 0.286. The second-order valence-corrected chi connectivity index (χ2v) is 7.14. The number of nitrogens with zero attached hydrogens (tertiary/aromatic N) is 1. The monoisotopic (exact) mass is 446 g/mol. The van der Waals surface area contributed by atoms with Crippen LogP contribution in [0.4, 0.5) is 15.8 Å². The maximum absolute atomic E-state index is 13.0. The van der Waals surface area contributed by atoms with E-state index < -0.39 is 23.3 Å². The Balaban J connectivity index is 1.60. The molecule has 0 spiro atoms. The maximum Gasteiger partial charge on any atom is 0.297 e. The van der Waals surface area contributed by atoms with Gasteiger partial charge in [-0.2, -0.15) is 0 Å². The molecule has 166 valence electrons. The van der Waals surface area contributed by atoms with Gasteiger partial charge in [-0.1, -0.05) is 54.6 Å². The van der Waals surface area contributed by atoms with Gasteiger partial charge in [0.1, 0.15) is 29.6 Å². The number of halogens is 1. The van der Waals surface area contributed by atoms with E-state index >= 15 is 0 Å². The van der Waals surface area contributed by atoms with Gasteiger partial charge >= 0.3 is 0 Å². The van der Waals surface area contributed by atoms with E-state index in [1.54, 1.807) is 24.3 Å². The predicted octanol–water partition coefficient (Wildman–Crippen LogP) is 5.48. The minimum Gasteiger partial charge on any atom is -0.488 e. The Hall–Kier alpha value is -4.46. The largest absolute Gasteiger partial charge is 0.488 e. The molecule has 0 radical (unpaired) electrons. The molecule has 4 aromatic carbocycles. The zero-order valence-electron chi connectivity index (χ0n) is 17.4. The summed E-state index contributed by atoms with van der Waals surface area (Å²) < 4.78 is 24.3. The van der Waals surface area contributed by atoms with E-state index in [-0.39, 0.29) is 18.0 Å². The fourth-order valence-corrected chi connectivity index (χ4v) is 3.31. The van der Waals surface area contributed by atoms with Crippen LogP contribution in [0.5, 0.6) is 11.5 Å². The van der Waals surface area contributed by atoms with E-state index in [1.165, 1.54) is 30.3 Å². The van der Waals surface area contributed by atoms with Crippen molar-refractivity contribution in [2.75, 3.05) is 11.9 Å². The molecule has 1 amide bonds. The van der Waals surface area contributed by atoms with Crippen molar-refractivity contribution in [1.82, 2.24) is 0 Å². The first-order chi connectivity index (χ1) is 16.0. The second kappa shape index (κ2) is 9.78. The number of hydrogen-bond donors (Lipinski definition) is 1. The van der Waals surface area contributed by atoms with E-state index in [9.17, 15) is 19.3 Å². The maximum atomic E-state index is 13.0. The molecule has 4 aromatic rings. The van der Waals surface area contributed by atoms with Gasteiger partial charge in [0.05, 0.1) is 11.0 Å². The van der Waals surface area contributed by atoms with E-state index in [1.807, 2.05) is 30.3 Å². The molecule has 33 heavy (non-hydrogen) atoms. The summed E-state index contributed by atoms with van der Waals surface area (Å²) in [5.74, 6) is -0.383. The van der Waals surface area contributed by atoms with Crippen LogP contribution in [0.2, 0.25) is 0 Å². The van der Waals surface area contributed by atoms with Gasteiger partial charge in [-0.15, -0.1) is 0 Å². The van der Waals surface area contributed by atoms with Crippen molar-refractivity contribution in [2.24, 2.45) is 0 Å². The van der Waals surface area contributed by atoms with Crippen LogP contribution in [-0.4, -0.2) is 17.4 Å². The van der Waals surface area contributed by atoms with Crippen molar-refractivity contribution in [2.45, 2.75) is 6.61 Å². The molecule has 4 rings (SSSR count). The lowest BCUT2D eigenvalue weighted by molar-refractivity contribution is -0.383. The predicted molar refractivity (Wildman–Crippen MR) is 122 cm³/mol. The van der Waals surface area contributed by atoms with Crippen molar-refractivity contribution in [3.8, 4) is 11.5 Å². The normalized spacial score (nSPS) is 10.6. The zero-order chi connectivity index (χ0) is 23.2. The van der Waals surface area contributed by atoms with Gasteiger partial charge in [-0.05, 0) is 29.8 Å². The molecule has 0 heterocycles. The Morgan fingerprint density at radius 3 is 2.27 bits per heavy atom. The number of fused-ring (bicyclic) bond motifs is 1. The summed E-state index contributed by atoms with van der Waals surface area (Å²) in [6, 6.07) is 22.9. The van der Waals surface area contributed by atoms with E-state index in [0.717, 1.165) is 5.56 Å². The minimum absolute atomic E-state index is 0.0513. The molecule has 0 atom stereocenters. The van der Waals surface area contributed by atoms with Crippen molar-refractivity contribution < 1.29 is 23.6 Å². The van der Waals surface area contributed by atoms with E-state index in [0.29, 0.717) is 22.3 Å². The number of nitro groups is 1. The summed E-state index contributed by atoms with van der Waals surface area (Å²) in [7, 11) is 0. The Labute approximate surface area is 188 Å². The number of nitro benzene ring substituents is 1.